The molecule has 0 atom stereocenters. The lowest BCUT2D eigenvalue weighted by molar-refractivity contribution is 0.213. The minimum Gasteiger partial charge on any atom is -0.317 e. The fourth-order valence-corrected chi connectivity index (χ4v) is 4.90. The molecule has 0 radical (unpaired) electrons. The summed E-state index contributed by atoms with van der Waals surface area (Å²) in [6.07, 6.45) is 5.45. The molecule has 0 aliphatic carbocycles. The zero-order valence-electron chi connectivity index (χ0n) is 15.6. The van der Waals surface area contributed by atoms with Crippen molar-refractivity contribution in [1.29, 1.82) is 0 Å². The Morgan fingerprint density at radius 3 is 2.28 bits per heavy atom. The second-order valence-corrected chi connectivity index (χ2v) is 9.48. The second-order valence-electron chi connectivity index (χ2n) is 7.33. The van der Waals surface area contributed by atoms with Crippen molar-refractivity contribution in [2.75, 3.05) is 40.3 Å². The quantitative estimate of drug-likeness (QED) is 0.766. The van der Waals surface area contributed by atoms with Gasteiger partial charge in [0.25, 0.3) is 10.2 Å². The Morgan fingerprint density at radius 2 is 1.68 bits per heavy atom. The highest BCUT2D eigenvalue weighted by Crippen LogP contribution is 2.28. The lowest BCUT2D eigenvalue weighted by Crippen LogP contribution is -2.44. The van der Waals surface area contributed by atoms with Crippen molar-refractivity contribution in [2.45, 2.75) is 44.6 Å². The van der Waals surface area contributed by atoms with Gasteiger partial charge in [-0.05, 0) is 38.8 Å². The van der Waals surface area contributed by atoms with Gasteiger partial charge in [-0.3, -0.25) is 4.90 Å². The van der Waals surface area contributed by atoms with Gasteiger partial charge in [0, 0.05) is 40.2 Å². The van der Waals surface area contributed by atoms with Crippen LogP contribution in [0.2, 0.25) is 0 Å². The molecule has 142 valence electrons. The van der Waals surface area contributed by atoms with Crippen molar-refractivity contribution < 1.29 is 8.42 Å². The first-order chi connectivity index (χ1) is 11.9. The molecule has 0 amide bonds. The van der Waals surface area contributed by atoms with Gasteiger partial charge in [0.2, 0.25) is 0 Å². The van der Waals surface area contributed by atoms with Gasteiger partial charge in [-0.25, -0.2) is 0 Å². The Bertz CT molecular complexity index is 673. The zero-order valence-corrected chi connectivity index (χ0v) is 16.4. The maximum absolute atomic E-state index is 12.2. The molecule has 8 nitrogen and oxygen atoms in total. The number of piperidine rings is 2. The molecule has 1 aromatic heterocycles. The van der Waals surface area contributed by atoms with Crippen LogP contribution in [0.15, 0.2) is 0 Å². The third-order valence-electron chi connectivity index (χ3n) is 5.42. The van der Waals surface area contributed by atoms with E-state index in [1.165, 1.54) is 23.6 Å². The summed E-state index contributed by atoms with van der Waals surface area (Å²) < 4.78 is 29.4. The van der Waals surface area contributed by atoms with E-state index in [0.717, 1.165) is 44.1 Å². The first-order valence-electron chi connectivity index (χ1n) is 9.17. The van der Waals surface area contributed by atoms with E-state index in [2.05, 4.69) is 19.7 Å². The topological polar surface area (TPSA) is 74.6 Å². The summed E-state index contributed by atoms with van der Waals surface area (Å²) in [6.45, 7) is 4.22. The molecule has 0 saturated carbocycles. The van der Waals surface area contributed by atoms with Gasteiger partial charge in [0.1, 0.15) is 11.6 Å². The number of rotatable bonds is 5. The molecule has 2 aliphatic heterocycles. The highest BCUT2D eigenvalue weighted by molar-refractivity contribution is 7.86. The minimum atomic E-state index is -3.31. The van der Waals surface area contributed by atoms with Crippen LogP contribution in [0, 0.1) is 0 Å². The molecule has 3 heterocycles. The van der Waals surface area contributed by atoms with E-state index >= 15 is 0 Å². The molecule has 1 aromatic rings. The van der Waals surface area contributed by atoms with Gasteiger partial charge in [-0.1, -0.05) is 6.42 Å². The summed E-state index contributed by atoms with van der Waals surface area (Å²) in [4.78, 5) is 2.45. The van der Waals surface area contributed by atoms with Crippen LogP contribution in [0.3, 0.4) is 0 Å². The van der Waals surface area contributed by atoms with Crippen LogP contribution in [-0.4, -0.2) is 77.0 Å². The maximum Gasteiger partial charge on any atom is 0.281 e. The summed E-state index contributed by atoms with van der Waals surface area (Å²) in [7, 11) is 1.89. The average molecular weight is 371 g/mol. The van der Waals surface area contributed by atoms with Gasteiger partial charge in [0.15, 0.2) is 0 Å². The van der Waals surface area contributed by atoms with Crippen molar-refractivity contribution in [2.24, 2.45) is 7.05 Å². The molecule has 2 fully saturated rings. The minimum absolute atomic E-state index is 0.279. The van der Waals surface area contributed by atoms with Crippen LogP contribution in [0.5, 0.6) is 0 Å². The molecule has 25 heavy (non-hydrogen) atoms. The second kappa shape index (κ2) is 7.69. The van der Waals surface area contributed by atoms with E-state index in [4.69, 9.17) is 0 Å². The predicted molar refractivity (Wildman–Crippen MR) is 96.3 cm³/mol. The lowest BCUT2D eigenvalue weighted by atomic mass is 9.97. The summed E-state index contributed by atoms with van der Waals surface area (Å²) in [5, 5.41) is 8.85. The number of likely N-dealkylation sites (tertiary alicyclic amines) is 1. The smallest absolute Gasteiger partial charge is 0.281 e. The Morgan fingerprint density at radius 1 is 1.04 bits per heavy atom. The van der Waals surface area contributed by atoms with Gasteiger partial charge < -0.3 is 4.57 Å². The van der Waals surface area contributed by atoms with Crippen molar-refractivity contribution >= 4 is 10.2 Å². The van der Waals surface area contributed by atoms with Crippen LogP contribution < -0.4 is 0 Å². The van der Waals surface area contributed by atoms with Crippen LogP contribution in [0.1, 0.15) is 49.7 Å². The van der Waals surface area contributed by atoms with Gasteiger partial charge in [-0.15, -0.1) is 10.2 Å². The van der Waals surface area contributed by atoms with Crippen LogP contribution in [-0.2, 0) is 23.8 Å². The fraction of sp³-hybridized carbons (Fsp3) is 0.875. The molecular weight excluding hydrogens is 340 g/mol. The van der Waals surface area contributed by atoms with Gasteiger partial charge in [-0.2, -0.15) is 17.0 Å². The van der Waals surface area contributed by atoms with Gasteiger partial charge in [0.05, 0.1) is 6.54 Å². The van der Waals surface area contributed by atoms with E-state index in [1.54, 1.807) is 18.4 Å². The first kappa shape index (κ1) is 18.8. The number of hydrogen-bond donors (Lipinski definition) is 0. The van der Waals surface area contributed by atoms with Crippen molar-refractivity contribution in [1.82, 2.24) is 28.3 Å². The average Bonchev–Trinajstić information content (AvgIpc) is 2.96. The molecular formula is C16H30N6O2S. The highest BCUT2D eigenvalue weighted by Gasteiger charge is 2.32. The van der Waals surface area contributed by atoms with Crippen molar-refractivity contribution in [3.05, 3.63) is 11.6 Å². The molecule has 2 aliphatic rings. The van der Waals surface area contributed by atoms with Crippen LogP contribution in [0.4, 0.5) is 0 Å². The SMILES string of the molecule is CN(C)S(=O)(=O)N1CCC(c2nnc(CN3CCCCC3)n2C)CC1. The molecule has 0 N–H and O–H groups in total. The van der Waals surface area contributed by atoms with E-state index in [-0.39, 0.29) is 5.92 Å². The molecule has 0 bridgehead atoms. The normalized spacial score (nSPS) is 21.9. The molecule has 0 aromatic carbocycles. The monoisotopic (exact) mass is 370 g/mol. The number of aromatic nitrogens is 3. The standard InChI is InChI=1S/C16H30N6O2S/c1-19(2)25(23,24)22-11-7-14(8-12-22)16-18-17-15(20(16)3)13-21-9-5-4-6-10-21/h14H,4-13H2,1-3H3. The third kappa shape index (κ3) is 4.05. The summed E-state index contributed by atoms with van der Waals surface area (Å²) >= 11 is 0. The van der Waals surface area contributed by atoms with Crippen molar-refractivity contribution in [3.63, 3.8) is 0 Å². The summed E-state index contributed by atoms with van der Waals surface area (Å²) in [5.41, 5.74) is 0. The van der Waals surface area contributed by atoms with E-state index in [0.29, 0.717) is 13.1 Å². The molecule has 3 rings (SSSR count). The Labute approximate surface area is 151 Å². The number of nitrogens with zero attached hydrogens (tertiary/aromatic N) is 6. The van der Waals surface area contributed by atoms with Crippen molar-refractivity contribution in [3.8, 4) is 0 Å². The molecule has 0 unspecified atom stereocenters. The Hall–Kier alpha value is -1.03. The fourth-order valence-electron chi connectivity index (χ4n) is 3.76. The first-order valence-corrected chi connectivity index (χ1v) is 10.6. The Kier molecular flexibility index (Phi) is 5.77. The van der Waals surface area contributed by atoms with E-state index < -0.39 is 10.2 Å². The zero-order chi connectivity index (χ0) is 18.0. The molecule has 9 heteroatoms. The predicted octanol–water partition coefficient (Wildman–Crippen LogP) is 0.787. The van der Waals surface area contributed by atoms with E-state index in [1.807, 2.05) is 7.05 Å². The summed E-state index contributed by atoms with van der Waals surface area (Å²) in [5.74, 6) is 2.29. The van der Waals surface area contributed by atoms with Gasteiger partial charge >= 0.3 is 0 Å². The molecule has 2 saturated heterocycles. The Balaban J connectivity index is 1.62. The van der Waals surface area contributed by atoms with Crippen LogP contribution >= 0.6 is 0 Å². The molecule has 0 spiro atoms. The van der Waals surface area contributed by atoms with Crippen LogP contribution in [0.25, 0.3) is 0 Å². The summed E-state index contributed by atoms with van der Waals surface area (Å²) in [6, 6.07) is 0. The largest absolute Gasteiger partial charge is 0.317 e. The number of hydrogen-bond acceptors (Lipinski definition) is 5. The third-order valence-corrected chi connectivity index (χ3v) is 7.36. The highest BCUT2D eigenvalue weighted by atomic mass is 32.2. The lowest BCUT2D eigenvalue weighted by Gasteiger charge is -2.32. The van der Waals surface area contributed by atoms with E-state index in [9.17, 15) is 8.42 Å². The maximum atomic E-state index is 12.2.